The van der Waals surface area contributed by atoms with Gasteiger partial charge in [0.15, 0.2) is 0 Å². The van der Waals surface area contributed by atoms with Crippen molar-refractivity contribution >= 4 is 23.4 Å². The molecule has 29 heavy (non-hydrogen) atoms. The van der Waals surface area contributed by atoms with Crippen molar-refractivity contribution in [3.8, 4) is 0 Å². The lowest BCUT2D eigenvalue weighted by molar-refractivity contribution is -0.384. The van der Waals surface area contributed by atoms with Crippen LogP contribution in [-0.4, -0.2) is 34.7 Å². The molecule has 3 N–H and O–H groups in total. The number of hydrogen-bond acceptors (Lipinski definition) is 6. The molecule has 1 atom stereocenters. The predicted molar refractivity (Wildman–Crippen MR) is 107 cm³/mol. The summed E-state index contributed by atoms with van der Waals surface area (Å²) in [5.41, 5.74) is 6.27. The largest absolute Gasteiger partial charge is 0.480 e. The maximum atomic E-state index is 12.8. The van der Waals surface area contributed by atoms with Crippen LogP contribution < -0.4 is 10.6 Å². The molecule has 0 spiro atoms. The van der Waals surface area contributed by atoms with Crippen molar-refractivity contribution in [3.63, 3.8) is 0 Å². The first-order valence-electron chi connectivity index (χ1n) is 9.11. The van der Waals surface area contributed by atoms with Gasteiger partial charge in [-0.05, 0) is 43.5 Å². The Morgan fingerprint density at radius 2 is 1.76 bits per heavy atom. The molecule has 9 nitrogen and oxygen atoms in total. The lowest BCUT2D eigenvalue weighted by atomic mass is 10.1. The molecule has 0 saturated carbocycles. The third kappa shape index (κ3) is 6.28. The summed E-state index contributed by atoms with van der Waals surface area (Å²) in [5.74, 6) is -1.20. The van der Waals surface area contributed by atoms with Gasteiger partial charge in [0.1, 0.15) is 12.6 Å². The van der Waals surface area contributed by atoms with Gasteiger partial charge < -0.3 is 15.6 Å². The van der Waals surface area contributed by atoms with E-state index in [4.69, 9.17) is 10.5 Å². The molecular weight excluding hydrogens is 378 g/mol. The quantitative estimate of drug-likeness (QED) is 0.354. The van der Waals surface area contributed by atoms with Crippen LogP contribution in [0.4, 0.5) is 16.2 Å². The molecule has 0 radical (unpaired) electrons. The van der Waals surface area contributed by atoms with Crippen LogP contribution in [0.25, 0.3) is 0 Å². The van der Waals surface area contributed by atoms with Crippen LogP contribution in [0.15, 0.2) is 54.6 Å². The van der Waals surface area contributed by atoms with Crippen molar-refractivity contribution in [1.29, 1.82) is 0 Å². The summed E-state index contributed by atoms with van der Waals surface area (Å²) in [6.45, 7) is 0.376. The highest BCUT2D eigenvalue weighted by Gasteiger charge is 2.32. The highest BCUT2D eigenvalue weighted by Crippen LogP contribution is 2.25. The Morgan fingerprint density at radius 3 is 2.31 bits per heavy atom. The Morgan fingerprint density at radius 1 is 1.10 bits per heavy atom. The van der Waals surface area contributed by atoms with Gasteiger partial charge in [0.25, 0.3) is 5.69 Å². The molecule has 2 aromatic rings. The SMILES string of the molecule is NCCCC[C@@H](C(=O)O)N(C(=O)OCc1ccccc1)c1ccc([N+](=O)[O-])cc1. The van der Waals surface area contributed by atoms with E-state index in [0.717, 1.165) is 10.5 Å². The minimum absolute atomic E-state index is 0.0295. The maximum Gasteiger partial charge on any atom is 0.415 e. The summed E-state index contributed by atoms with van der Waals surface area (Å²) in [7, 11) is 0. The smallest absolute Gasteiger partial charge is 0.415 e. The van der Waals surface area contributed by atoms with Gasteiger partial charge in [-0.15, -0.1) is 0 Å². The van der Waals surface area contributed by atoms with Crippen LogP contribution in [0.3, 0.4) is 0 Å². The lowest BCUT2D eigenvalue weighted by Crippen LogP contribution is -2.45. The summed E-state index contributed by atoms with van der Waals surface area (Å²) in [6.07, 6.45) is 0.437. The van der Waals surface area contributed by atoms with Gasteiger partial charge in [0.05, 0.1) is 4.92 Å². The van der Waals surface area contributed by atoms with Gasteiger partial charge in [0, 0.05) is 17.8 Å². The second-order valence-corrected chi connectivity index (χ2v) is 6.32. The Labute approximate surface area is 167 Å². The van der Waals surface area contributed by atoms with Crippen molar-refractivity contribution in [3.05, 3.63) is 70.3 Å². The van der Waals surface area contributed by atoms with Crippen LogP contribution in [0.1, 0.15) is 24.8 Å². The average Bonchev–Trinajstić information content (AvgIpc) is 2.72. The van der Waals surface area contributed by atoms with Crippen molar-refractivity contribution in [1.82, 2.24) is 0 Å². The summed E-state index contributed by atoms with van der Waals surface area (Å²) < 4.78 is 5.32. The third-order valence-electron chi connectivity index (χ3n) is 4.27. The number of rotatable bonds is 10. The van der Waals surface area contributed by atoms with E-state index >= 15 is 0 Å². The number of anilines is 1. The van der Waals surface area contributed by atoms with E-state index in [1.54, 1.807) is 24.3 Å². The number of nitro groups is 1. The number of non-ortho nitro benzene ring substituents is 1. The van der Waals surface area contributed by atoms with Gasteiger partial charge in [-0.2, -0.15) is 0 Å². The molecule has 154 valence electrons. The van der Waals surface area contributed by atoms with Gasteiger partial charge in [-0.3, -0.25) is 15.0 Å². The molecule has 0 aliphatic carbocycles. The molecule has 0 unspecified atom stereocenters. The molecular formula is C20H23N3O6. The van der Waals surface area contributed by atoms with Gasteiger partial charge in [-0.25, -0.2) is 9.59 Å². The summed E-state index contributed by atoms with van der Waals surface area (Å²) in [5, 5.41) is 20.6. The molecule has 2 aromatic carbocycles. The number of carbonyl (C=O) groups is 2. The minimum atomic E-state index is -1.20. The number of aliphatic carboxylic acids is 1. The lowest BCUT2D eigenvalue weighted by Gasteiger charge is -2.28. The fourth-order valence-corrected chi connectivity index (χ4v) is 2.78. The molecule has 0 fully saturated rings. The number of carboxylic acid groups (broad SMARTS) is 1. The molecule has 0 heterocycles. The number of carbonyl (C=O) groups excluding carboxylic acids is 1. The molecule has 0 bridgehead atoms. The van der Waals surface area contributed by atoms with E-state index in [2.05, 4.69) is 0 Å². The molecule has 0 saturated heterocycles. The number of nitrogens with zero attached hydrogens (tertiary/aromatic N) is 2. The first-order valence-corrected chi connectivity index (χ1v) is 9.11. The van der Waals surface area contributed by atoms with Crippen LogP contribution >= 0.6 is 0 Å². The predicted octanol–water partition coefficient (Wildman–Crippen LogP) is 3.32. The van der Waals surface area contributed by atoms with E-state index in [0.29, 0.717) is 19.4 Å². The van der Waals surface area contributed by atoms with Gasteiger partial charge in [-0.1, -0.05) is 30.3 Å². The van der Waals surface area contributed by atoms with Crippen LogP contribution in [0, 0.1) is 10.1 Å². The monoisotopic (exact) mass is 401 g/mol. The number of nitrogens with two attached hydrogens (primary N) is 1. The Kier molecular flexibility index (Phi) is 8.11. The first kappa shape index (κ1) is 21.8. The van der Waals surface area contributed by atoms with Crippen molar-refractivity contribution in [2.75, 3.05) is 11.4 Å². The van der Waals surface area contributed by atoms with Gasteiger partial charge >= 0.3 is 12.1 Å². The fraction of sp³-hybridized carbons (Fsp3) is 0.300. The van der Waals surface area contributed by atoms with Crippen LogP contribution in [-0.2, 0) is 16.1 Å². The van der Waals surface area contributed by atoms with Crippen LogP contribution in [0.5, 0.6) is 0 Å². The number of carboxylic acids is 1. The Bertz CT molecular complexity index is 826. The fourth-order valence-electron chi connectivity index (χ4n) is 2.78. The maximum absolute atomic E-state index is 12.8. The van der Waals surface area contributed by atoms with E-state index < -0.39 is 23.0 Å². The topological polar surface area (TPSA) is 136 Å². The zero-order valence-electron chi connectivity index (χ0n) is 15.8. The van der Waals surface area contributed by atoms with Crippen LogP contribution in [0.2, 0.25) is 0 Å². The van der Waals surface area contributed by atoms with E-state index in [9.17, 15) is 24.8 Å². The zero-order chi connectivity index (χ0) is 21.2. The Hall–Kier alpha value is -3.46. The van der Waals surface area contributed by atoms with Crippen molar-refractivity contribution < 1.29 is 24.4 Å². The van der Waals surface area contributed by atoms with E-state index in [1.165, 1.54) is 24.3 Å². The number of nitro benzene ring substituents is 1. The zero-order valence-corrected chi connectivity index (χ0v) is 15.8. The minimum Gasteiger partial charge on any atom is -0.480 e. The van der Waals surface area contributed by atoms with Gasteiger partial charge in [0.2, 0.25) is 0 Å². The Balaban J connectivity index is 2.28. The van der Waals surface area contributed by atoms with E-state index in [-0.39, 0.29) is 24.4 Å². The number of unbranched alkanes of at least 4 members (excludes halogenated alkanes) is 1. The molecule has 0 aromatic heterocycles. The summed E-state index contributed by atoms with van der Waals surface area (Å²) >= 11 is 0. The molecule has 9 heteroatoms. The van der Waals surface area contributed by atoms with Crippen molar-refractivity contribution in [2.24, 2.45) is 5.73 Å². The number of amides is 1. The van der Waals surface area contributed by atoms with Crippen molar-refractivity contribution in [2.45, 2.75) is 31.9 Å². The second kappa shape index (κ2) is 10.8. The molecule has 2 rings (SSSR count). The molecule has 1 amide bonds. The average molecular weight is 401 g/mol. The number of ether oxygens (including phenoxy) is 1. The summed E-state index contributed by atoms with van der Waals surface area (Å²) in [4.78, 5) is 36.0. The highest BCUT2D eigenvalue weighted by atomic mass is 16.6. The summed E-state index contributed by atoms with van der Waals surface area (Å²) in [6, 6.07) is 12.9. The third-order valence-corrected chi connectivity index (χ3v) is 4.27. The highest BCUT2D eigenvalue weighted by molar-refractivity contribution is 5.95. The second-order valence-electron chi connectivity index (χ2n) is 6.32. The standard InChI is InChI=1S/C20H23N3O6/c21-13-5-4-8-18(19(24)25)22(16-9-11-17(12-10-16)23(27)28)20(26)29-14-15-6-2-1-3-7-15/h1-3,6-7,9-12,18H,4-5,8,13-14,21H2,(H,24,25)/t18-/m0/s1. The first-order chi connectivity index (χ1) is 13.9. The normalized spacial score (nSPS) is 11.5. The molecule has 0 aliphatic heterocycles. The molecule has 0 aliphatic rings. The number of benzene rings is 2. The van der Waals surface area contributed by atoms with E-state index in [1.807, 2.05) is 6.07 Å². The number of hydrogen-bond donors (Lipinski definition) is 2.